The smallest absolute Gasteiger partial charge is 0.257 e. The number of halogens is 1. The number of anilines is 1. The van der Waals surface area contributed by atoms with Crippen LogP contribution in [0.3, 0.4) is 0 Å². The highest BCUT2D eigenvalue weighted by atomic mass is 79.9. The number of ether oxygens (including phenoxy) is 1. The lowest BCUT2D eigenvalue weighted by Crippen LogP contribution is -2.34. The van der Waals surface area contributed by atoms with Crippen LogP contribution in [0.5, 0.6) is 5.75 Å². The fourth-order valence-corrected chi connectivity index (χ4v) is 4.93. The summed E-state index contributed by atoms with van der Waals surface area (Å²) in [5.74, 6) is 0.257. The van der Waals surface area contributed by atoms with E-state index >= 15 is 0 Å². The topological polar surface area (TPSA) is 87.7 Å². The van der Waals surface area contributed by atoms with Crippen LogP contribution in [0.15, 0.2) is 82.2 Å². The SMILES string of the molecule is CCOc1ccc(C(=O)NC(=S)Nc2ccc(S(=O)(=O)N(C)Cc3ccccc3)cc2)cc1Br. The first-order chi connectivity index (χ1) is 16.2. The third kappa shape index (κ3) is 6.63. The van der Waals surface area contributed by atoms with E-state index in [1.807, 2.05) is 37.3 Å². The number of carbonyl (C=O) groups excluding carboxylic acids is 1. The lowest BCUT2D eigenvalue weighted by molar-refractivity contribution is 0.0977. The van der Waals surface area contributed by atoms with E-state index in [-0.39, 0.29) is 22.5 Å². The van der Waals surface area contributed by atoms with Crippen LogP contribution >= 0.6 is 28.1 Å². The van der Waals surface area contributed by atoms with Gasteiger partial charge in [-0.3, -0.25) is 10.1 Å². The van der Waals surface area contributed by atoms with Gasteiger partial charge < -0.3 is 10.1 Å². The van der Waals surface area contributed by atoms with Crippen molar-refractivity contribution in [3.63, 3.8) is 0 Å². The number of thiocarbonyl (C=S) groups is 1. The maximum Gasteiger partial charge on any atom is 0.257 e. The van der Waals surface area contributed by atoms with Crippen LogP contribution in [-0.4, -0.2) is 37.4 Å². The van der Waals surface area contributed by atoms with Gasteiger partial charge in [0, 0.05) is 24.8 Å². The zero-order valence-electron chi connectivity index (χ0n) is 18.6. The van der Waals surface area contributed by atoms with Crippen LogP contribution in [0.1, 0.15) is 22.8 Å². The summed E-state index contributed by atoms with van der Waals surface area (Å²) in [5.41, 5.74) is 1.85. The monoisotopic (exact) mass is 561 g/mol. The molecule has 0 unspecified atom stereocenters. The first-order valence-corrected chi connectivity index (χ1v) is 13.0. The molecule has 2 N–H and O–H groups in total. The zero-order chi connectivity index (χ0) is 24.7. The second-order valence-corrected chi connectivity index (χ2v) is 10.6. The van der Waals surface area contributed by atoms with Crippen molar-refractivity contribution in [1.29, 1.82) is 0 Å². The van der Waals surface area contributed by atoms with Crippen LogP contribution in [0, 0.1) is 0 Å². The molecule has 0 spiro atoms. The first-order valence-electron chi connectivity index (χ1n) is 10.4. The van der Waals surface area contributed by atoms with Crippen molar-refractivity contribution >= 4 is 54.9 Å². The number of rotatable bonds is 8. The Hall–Kier alpha value is -2.79. The maximum absolute atomic E-state index is 12.9. The zero-order valence-corrected chi connectivity index (χ0v) is 21.8. The Morgan fingerprint density at radius 3 is 2.35 bits per heavy atom. The summed E-state index contributed by atoms with van der Waals surface area (Å²) < 4.78 is 33.2. The molecule has 34 heavy (non-hydrogen) atoms. The van der Waals surface area contributed by atoms with Gasteiger partial charge in [0.25, 0.3) is 5.91 Å². The van der Waals surface area contributed by atoms with Gasteiger partial charge in [-0.1, -0.05) is 30.3 Å². The van der Waals surface area contributed by atoms with Gasteiger partial charge in [-0.25, -0.2) is 8.42 Å². The predicted molar refractivity (Wildman–Crippen MR) is 141 cm³/mol. The van der Waals surface area contributed by atoms with Gasteiger partial charge in [0.15, 0.2) is 5.11 Å². The molecule has 3 rings (SSSR count). The minimum absolute atomic E-state index is 0.0896. The Morgan fingerprint density at radius 1 is 1.06 bits per heavy atom. The van der Waals surface area contributed by atoms with E-state index in [1.165, 1.54) is 16.4 Å². The molecule has 0 heterocycles. The van der Waals surface area contributed by atoms with E-state index in [2.05, 4.69) is 26.6 Å². The van der Waals surface area contributed by atoms with Gasteiger partial charge in [0.05, 0.1) is 16.0 Å². The number of nitrogens with zero attached hydrogens (tertiary/aromatic N) is 1. The molecule has 178 valence electrons. The highest BCUT2D eigenvalue weighted by Crippen LogP contribution is 2.26. The number of hydrogen-bond acceptors (Lipinski definition) is 5. The summed E-state index contributed by atoms with van der Waals surface area (Å²) >= 11 is 8.61. The third-order valence-electron chi connectivity index (χ3n) is 4.79. The number of benzene rings is 3. The fraction of sp³-hybridized carbons (Fsp3) is 0.167. The van der Waals surface area contributed by atoms with E-state index in [9.17, 15) is 13.2 Å². The summed E-state index contributed by atoms with van der Waals surface area (Å²) in [6.07, 6.45) is 0. The van der Waals surface area contributed by atoms with Gasteiger partial charge >= 0.3 is 0 Å². The van der Waals surface area contributed by atoms with E-state index < -0.39 is 10.0 Å². The second kappa shape index (κ2) is 11.6. The van der Waals surface area contributed by atoms with Crippen molar-refractivity contribution in [2.75, 3.05) is 19.0 Å². The van der Waals surface area contributed by atoms with Crippen LogP contribution in [0.2, 0.25) is 0 Å². The average Bonchev–Trinajstić information content (AvgIpc) is 2.81. The predicted octanol–water partition coefficient (Wildman–Crippen LogP) is 4.80. The molecule has 0 bridgehead atoms. The van der Waals surface area contributed by atoms with Gasteiger partial charge in [0.1, 0.15) is 5.75 Å². The lowest BCUT2D eigenvalue weighted by atomic mass is 10.2. The van der Waals surface area contributed by atoms with Gasteiger partial charge in [-0.2, -0.15) is 4.31 Å². The molecule has 0 radical (unpaired) electrons. The molecule has 0 fully saturated rings. The van der Waals surface area contributed by atoms with Crippen molar-refractivity contribution in [2.45, 2.75) is 18.4 Å². The number of carbonyl (C=O) groups is 1. The Labute approximate surface area is 213 Å². The molecule has 3 aromatic rings. The Balaban J connectivity index is 1.61. The van der Waals surface area contributed by atoms with Gasteiger partial charge in [-0.15, -0.1) is 0 Å². The lowest BCUT2D eigenvalue weighted by Gasteiger charge is -2.18. The highest BCUT2D eigenvalue weighted by Gasteiger charge is 2.21. The average molecular weight is 563 g/mol. The molecule has 0 aliphatic rings. The Bertz CT molecular complexity index is 1270. The van der Waals surface area contributed by atoms with Gasteiger partial charge in [0.2, 0.25) is 10.0 Å². The van der Waals surface area contributed by atoms with Crippen LogP contribution in [-0.2, 0) is 16.6 Å². The Morgan fingerprint density at radius 2 is 1.74 bits per heavy atom. The number of sulfonamides is 1. The molecular weight excluding hydrogens is 538 g/mol. The normalized spacial score (nSPS) is 11.2. The fourth-order valence-electron chi connectivity index (χ4n) is 3.07. The summed E-state index contributed by atoms with van der Waals surface area (Å²) in [6, 6.07) is 20.5. The standard InChI is InChI=1S/C24H24BrN3O4S2/c1-3-32-22-14-9-18(15-21(22)25)23(29)27-24(33)26-19-10-12-20(13-11-19)34(30,31)28(2)16-17-7-5-4-6-8-17/h4-15H,3,16H2,1-2H3,(H2,26,27,29,33). The van der Waals surface area contributed by atoms with Crippen molar-refractivity contribution < 1.29 is 17.9 Å². The molecule has 7 nitrogen and oxygen atoms in total. The van der Waals surface area contributed by atoms with E-state index in [1.54, 1.807) is 37.4 Å². The van der Waals surface area contributed by atoms with Crippen LogP contribution < -0.4 is 15.4 Å². The minimum Gasteiger partial charge on any atom is -0.493 e. The maximum atomic E-state index is 12.9. The number of nitrogens with one attached hydrogen (secondary N) is 2. The molecule has 0 aliphatic carbocycles. The molecule has 10 heteroatoms. The highest BCUT2D eigenvalue weighted by molar-refractivity contribution is 9.10. The molecule has 0 saturated heterocycles. The minimum atomic E-state index is -3.66. The summed E-state index contributed by atoms with van der Waals surface area (Å²) in [7, 11) is -2.12. The van der Waals surface area contributed by atoms with Gasteiger partial charge in [-0.05, 0) is 83.1 Å². The quantitative estimate of drug-likeness (QED) is 0.384. The molecule has 3 aromatic carbocycles. The van der Waals surface area contributed by atoms with Crippen LogP contribution in [0.25, 0.3) is 0 Å². The van der Waals surface area contributed by atoms with Crippen LogP contribution in [0.4, 0.5) is 5.69 Å². The largest absolute Gasteiger partial charge is 0.493 e. The Kier molecular flexibility index (Phi) is 8.78. The summed E-state index contributed by atoms with van der Waals surface area (Å²) in [5, 5.41) is 5.59. The van der Waals surface area contributed by atoms with E-state index in [4.69, 9.17) is 17.0 Å². The van der Waals surface area contributed by atoms with Crippen molar-refractivity contribution in [1.82, 2.24) is 9.62 Å². The number of amides is 1. The second-order valence-electron chi connectivity index (χ2n) is 7.26. The van der Waals surface area contributed by atoms with Crippen molar-refractivity contribution in [3.8, 4) is 5.75 Å². The summed E-state index contributed by atoms with van der Waals surface area (Å²) in [4.78, 5) is 12.7. The molecule has 1 amide bonds. The third-order valence-corrected chi connectivity index (χ3v) is 7.43. The first kappa shape index (κ1) is 25.8. The van der Waals surface area contributed by atoms with Crippen molar-refractivity contribution in [2.24, 2.45) is 0 Å². The summed E-state index contributed by atoms with van der Waals surface area (Å²) in [6.45, 7) is 2.66. The molecule has 0 aromatic heterocycles. The molecule has 0 aliphatic heterocycles. The molecule has 0 saturated carbocycles. The van der Waals surface area contributed by atoms with E-state index in [0.717, 1.165) is 5.56 Å². The number of hydrogen-bond donors (Lipinski definition) is 2. The molecular formula is C24H24BrN3O4S2. The van der Waals surface area contributed by atoms with E-state index in [0.29, 0.717) is 28.1 Å². The molecule has 0 atom stereocenters. The van der Waals surface area contributed by atoms with Crippen molar-refractivity contribution in [3.05, 3.63) is 88.4 Å².